The fourth-order valence-electron chi connectivity index (χ4n) is 3.77. The molecule has 1 aromatic carbocycles. The van der Waals surface area contributed by atoms with Gasteiger partial charge in [0, 0.05) is 29.9 Å². The minimum Gasteiger partial charge on any atom is -0.481 e. The zero-order valence-corrected chi connectivity index (χ0v) is 21.0. The smallest absolute Gasteiger partial charge is 0.326 e. The standard InChI is InChI=1S/C24H32N6O9/c1-11(31)20(30-21(35)14(25)9-18(26)32)23(37)28-16(6-7-19(33)34)22(36)29-17(24(38)39)8-12-10-27-15-5-3-2-4-13(12)15/h2-5,10-11,14,16-17,20,27,31H,6-9,25H2,1H3,(H2,26,32)(H,28,37)(H,29,36)(H,30,35)(H,33,34)(H,38,39). The first kappa shape index (κ1) is 30.7. The molecule has 0 bridgehead atoms. The van der Waals surface area contributed by atoms with Crippen LogP contribution in [0.15, 0.2) is 30.5 Å². The van der Waals surface area contributed by atoms with Crippen molar-refractivity contribution in [3.05, 3.63) is 36.0 Å². The lowest BCUT2D eigenvalue weighted by Gasteiger charge is -2.26. The van der Waals surface area contributed by atoms with Gasteiger partial charge in [0.2, 0.25) is 23.6 Å². The molecule has 2 aromatic rings. The number of nitrogens with one attached hydrogen (secondary N) is 4. The van der Waals surface area contributed by atoms with Crippen LogP contribution in [0, 0.1) is 0 Å². The molecule has 39 heavy (non-hydrogen) atoms. The highest BCUT2D eigenvalue weighted by molar-refractivity contribution is 5.95. The molecule has 15 heteroatoms. The number of carboxylic acid groups (broad SMARTS) is 2. The van der Waals surface area contributed by atoms with Crippen LogP contribution in [0.2, 0.25) is 0 Å². The number of aliphatic hydroxyl groups excluding tert-OH is 1. The maximum Gasteiger partial charge on any atom is 0.326 e. The summed E-state index contributed by atoms with van der Waals surface area (Å²) in [6, 6.07) is 1.12. The number of hydrogen-bond donors (Lipinski definition) is 9. The fourth-order valence-corrected chi connectivity index (χ4v) is 3.77. The maximum absolute atomic E-state index is 13.0. The van der Waals surface area contributed by atoms with Crippen LogP contribution >= 0.6 is 0 Å². The highest BCUT2D eigenvalue weighted by atomic mass is 16.4. The zero-order valence-electron chi connectivity index (χ0n) is 21.0. The third-order valence-electron chi connectivity index (χ3n) is 5.81. The number of fused-ring (bicyclic) bond motifs is 1. The summed E-state index contributed by atoms with van der Waals surface area (Å²) in [4.78, 5) is 75.2. The van der Waals surface area contributed by atoms with Crippen LogP contribution in [-0.4, -0.2) is 86.1 Å². The van der Waals surface area contributed by atoms with E-state index in [-0.39, 0.29) is 6.42 Å². The minimum atomic E-state index is -1.64. The molecule has 0 spiro atoms. The van der Waals surface area contributed by atoms with Crippen molar-refractivity contribution in [2.75, 3.05) is 0 Å². The molecule has 0 saturated carbocycles. The van der Waals surface area contributed by atoms with Crippen molar-refractivity contribution in [3.8, 4) is 0 Å². The molecule has 0 aliphatic carbocycles. The average Bonchev–Trinajstić information content (AvgIpc) is 3.26. The normalized spacial score (nSPS) is 14.8. The maximum atomic E-state index is 13.0. The van der Waals surface area contributed by atoms with E-state index >= 15 is 0 Å². The number of carbonyl (C=O) groups is 6. The van der Waals surface area contributed by atoms with E-state index in [0.29, 0.717) is 5.56 Å². The molecule has 0 radical (unpaired) electrons. The third kappa shape index (κ3) is 9.08. The van der Waals surface area contributed by atoms with Gasteiger partial charge in [0.25, 0.3) is 0 Å². The molecule has 5 unspecified atom stereocenters. The van der Waals surface area contributed by atoms with E-state index in [1.807, 2.05) is 0 Å². The van der Waals surface area contributed by atoms with Crippen LogP contribution in [0.4, 0.5) is 0 Å². The summed E-state index contributed by atoms with van der Waals surface area (Å²) in [5.41, 5.74) is 11.9. The van der Waals surface area contributed by atoms with Crippen LogP contribution in [0.3, 0.4) is 0 Å². The van der Waals surface area contributed by atoms with Gasteiger partial charge in [-0.05, 0) is 25.0 Å². The van der Waals surface area contributed by atoms with Crippen molar-refractivity contribution in [1.29, 1.82) is 0 Å². The molecule has 0 aliphatic heterocycles. The molecule has 0 aliphatic rings. The molecule has 0 saturated heterocycles. The van der Waals surface area contributed by atoms with E-state index in [0.717, 1.165) is 17.8 Å². The summed E-state index contributed by atoms with van der Waals surface area (Å²) in [6.07, 6.45) is -1.52. The number of rotatable bonds is 15. The Balaban J connectivity index is 2.19. The van der Waals surface area contributed by atoms with Crippen LogP contribution < -0.4 is 27.4 Å². The molecule has 1 heterocycles. The van der Waals surface area contributed by atoms with E-state index in [9.17, 15) is 39.0 Å². The second kappa shape index (κ2) is 13.9. The predicted octanol–water partition coefficient (Wildman–Crippen LogP) is -2.30. The SMILES string of the molecule is CC(O)C(NC(=O)C(N)CC(N)=O)C(=O)NC(CCC(=O)O)C(=O)NC(Cc1c[nH]c2ccccc12)C(=O)O. The first-order chi connectivity index (χ1) is 18.3. The number of carboxylic acids is 2. The number of para-hydroxylation sites is 1. The number of aromatic amines is 1. The lowest BCUT2D eigenvalue weighted by atomic mass is 10.0. The number of carbonyl (C=O) groups excluding carboxylic acids is 4. The third-order valence-corrected chi connectivity index (χ3v) is 5.81. The van der Waals surface area contributed by atoms with Crippen LogP contribution in [0.1, 0.15) is 31.7 Å². The Hall–Kier alpha value is -4.50. The van der Waals surface area contributed by atoms with E-state index in [1.54, 1.807) is 30.5 Å². The molecular weight excluding hydrogens is 516 g/mol. The first-order valence-corrected chi connectivity index (χ1v) is 11.9. The molecule has 0 fully saturated rings. The van der Waals surface area contributed by atoms with Gasteiger partial charge >= 0.3 is 11.9 Å². The summed E-state index contributed by atoms with van der Waals surface area (Å²) in [6.45, 7) is 1.16. The summed E-state index contributed by atoms with van der Waals surface area (Å²) >= 11 is 0. The minimum absolute atomic E-state index is 0.116. The highest BCUT2D eigenvalue weighted by Crippen LogP contribution is 2.19. The van der Waals surface area contributed by atoms with E-state index < -0.39 is 85.1 Å². The van der Waals surface area contributed by atoms with Gasteiger partial charge in [-0.2, -0.15) is 0 Å². The number of hydrogen-bond acceptors (Lipinski definition) is 8. The molecular formula is C24H32N6O9. The fraction of sp³-hybridized carbons (Fsp3) is 0.417. The predicted molar refractivity (Wildman–Crippen MR) is 136 cm³/mol. The number of primary amides is 1. The van der Waals surface area contributed by atoms with Gasteiger partial charge in [0.1, 0.15) is 18.1 Å². The Bertz CT molecular complexity index is 1230. The van der Waals surface area contributed by atoms with Gasteiger partial charge in [-0.25, -0.2) is 4.79 Å². The summed E-state index contributed by atoms with van der Waals surface area (Å²) in [7, 11) is 0. The van der Waals surface area contributed by atoms with Gasteiger partial charge in [0.15, 0.2) is 0 Å². The van der Waals surface area contributed by atoms with E-state index in [4.69, 9.17) is 16.6 Å². The molecule has 15 nitrogen and oxygen atoms in total. The Morgan fingerprint density at radius 2 is 1.59 bits per heavy atom. The monoisotopic (exact) mass is 548 g/mol. The van der Waals surface area contributed by atoms with E-state index in [2.05, 4.69) is 20.9 Å². The summed E-state index contributed by atoms with van der Waals surface area (Å²) in [5.74, 6) is -6.56. The highest BCUT2D eigenvalue weighted by Gasteiger charge is 2.33. The second-order valence-electron chi connectivity index (χ2n) is 8.96. The van der Waals surface area contributed by atoms with Gasteiger partial charge in [-0.3, -0.25) is 24.0 Å². The summed E-state index contributed by atoms with van der Waals surface area (Å²) < 4.78 is 0. The van der Waals surface area contributed by atoms with Gasteiger partial charge < -0.3 is 47.7 Å². The average molecular weight is 549 g/mol. The van der Waals surface area contributed by atoms with E-state index in [1.165, 1.54) is 0 Å². The van der Waals surface area contributed by atoms with Gasteiger partial charge in [0.05, 0.1) is 18.6 Å². The van der Waals surface area contributed by atoms with Crippen molar-refractivity contribution in [2.24, 2.45) is 11.5 Å². The van der Waals surface area contributed by atoms with Crippen molar-refractivity contribution >= 4 is 46.5 Å². The molecule has 212 valence electrons. The topological polar surface area (TPSA) is 267 Å². The largest absolute Gasteiger partial charge is 0.481 e. The number of nitrogens with two attached hydrogens (primary N) is 2. The molecule has 2 rings (SSSR count). The number of amides is 4. The Kier molecular flexibility index (Phi) is 10.9. The van der Waals surface area contributed by atoms with Crippen molar-refractivity contribution < 1.29 is 44.1 Å². The summed E-state index contributed by atoms with van der Waals surface area (Å²) in [5, 5.41) is 36.3. The van der Waals surface area contributed by atoms with Gasteiger partial charge in [-0.15, -0.1) is 0 Å². The number of aliphatic hydroxyl groups is 1. The Morgan fingerprint density at radius 3 is 2.18 bits per heavy atom. The quantitative estimate of drug-likeness (QED) is 0.115. The van der Waals surface area contributed by atoms with Crippen LogP contribution in [0.5, 0.6) is 0 Å². The molecule has 4 amide bonds. The second-order valence-corrected chi connectivity index (χ2v) is 8.96. The lowest BCUT2D eigenvalue weighted by Crippen LogP contribution is -2.60. The Labute approximate surface area is 222 Å². The van der Waals surface area contributed by atoms with Crippen LogP contribution in [0.25, 0.3) is 10.9 Å². The van der Waals surface area contributed by atoms with Crippen molar-refractivity contribution in [2.45, 2.75) is 62.9 Å². The van der Waals surface area contributed by atoms with Gasteiger partial charge in [-0.1, -0.05) is 18.2 Å². The zero-order chi connectivity index (χ0) is 29.3. The van der Waals surface area contributed by atoms with Crippen molar-refractivity contribution in [3.63, 3.8) is 0 Å². The molecule has 1 aromatic heterocycles. The number of aromatic nitrogens is 1. The number of aliphatic carboxylic acids is 2. The first-order valence-electron chi connectivity index (χ1n) is 11.9. The van der Waals surface area contributed by atoms with Crippen molar-refractivity contribution in [1.82, 2.24) is 20.9 Å². The molecule has 11 N–H and O–H groups in total. The lowest BCUT2D eigenvalue weighted by molar-refractivity contribution is -0.143. The molecule has 5 atom stereocenters. The Morgan fingerprint density at radius 1 is 0.949 bits per heavy atom. The number of benzene rings is 1. The van der Waals surface area contributed by atoms with Crippen LogP contribution in [-0.2, 0) is 35.2 Å². The number of H-pyrrole nitrogens is 1.